The smallest absolute Gasteiger partial charge is 0.160 e. The molecule has 600 valence electrons. The Kier molecular flexibility index (Phi) is 17.0. The molecular weight excluding hydrogens is 1570 g/mol. The number of aromatic nitrogens is 6. The van der Waals surface area contributed by atoms with Crippen LogP contribution in [0.15, 0.2) is 426 Å². The van der Waals surface area contributed by atoms with Gasteiger partial charge in [0.05, 0.1) is 33.6 Å². The number of furan rings is 3. The van der Waals surface area contributed by atoms with Crippen LogP contribution < -0.4 is 0 Å². The number of fused-ring (bicyclic) bond motifs is 26. The largest absolute Gasteiger partial charge is 0.456 e. The van der Waals surface area contributed by atoms with Crippen LogP contribution in [0.1, 0.15) is 22.3 Å². The summed E-state index contributed by atoms with van der Waals surface area (Å²) in [6.45, 7) is 0. The Balaban J connectivity index is 0.000000102. The molecule has 0 unspecified atom stereocenters. The van der Waals surface area contributed by atoms with Crippen LogP contribution in [0.3, 0.4) is 0 Å². The molecule has 9 heteroatoms. The van der Waals surface area contributed by atoms with Crippen molar-refractivity contribution in [2.24, 2.45) is 0 Å². The summed E-state index contributed by atoms with van der Waals surface area (Å²) in [5.74, 6) is 2.09. The van der Waals surface area contributed by atoms with Gasteiger partial charge in [0.1, 0.15) is 33.5 Å². The van der Waals surface area contributed by atoms with E-state index in [9.17, 15) is 0 Å². The third-order valence-electron chi connectivity index (χ3n) is 26.3. The molecule has 129 heavy (non-hydrogen) atoms. The van der Waals surface area contributed by atoms with Gasteiger partial charge in [0.2, 0.25) is 0 Å². The lowest BCUT2D eigenvalue weighted by Gasteiger charge is -2.12. The van der Waals surface area contributed by atoms with Gasteiger partial charge < -0.3 is 13.3 Å². The Bertz CT molecular complexity index is 9160. The molecule has 20 aromatic carbocycles. The van der Waals surface area contributed by atoms with E-state index in [1.54, 1.807) is 0 Å². The Hall–Kier alpha value is -17.1. The fourth-order valence-electron chi connectivity index (χ4n) is 20.0. The molecule has 0 amide bonds. The van der Waals surface area contributed by atoms with Crippen LogP contribution in [0.5, 0.6) is 0 Å². The van der Waals surface area contributed by atoms with E-state index in [0.29, 0.717) is 11.6 Å². The van der Waals surface area contributed by atoms with E-state index in [2.05, 4.69) is 358 Å². The quantitative estimate of drug-likeness (QED) is 0.147. The predicted octanol–water partition coefficient (Wildman–Crippen LogP) is 31.7. The first-order valence-electron chi connectivity index (χ1n) is 43.8. The molecule has 0 fully saturated rings. The zero-order valence-corrected chi connectivity index (χ0v) is 69.6. The van der Waals surface area contributed by atoms with Gasteiger partial charge in [0.25, 0.3) is 0 Å². The highest BCUT2D eigenvalue weighted by Crippen LogP contribution is 2.47. The second kappa shape index (κ2) is 29.8. The van der Waals surface area contributed by atoms with E-state index in [0.717, 1.165) is 195 Å². The first-order valence-corrected chi connectivity index (χ1v) is 43.8. The Morgan fingerprint density at radius 3 is 1.05 bits per heavy atom. The van der Waals surface area contributed by atoms with Crippen molar-refractivity contribution in [2.45, 2.75) is 12.8 Å². The molecule has 0 saturated heterocycles. The zero-order valence-electron chi connectivity index (χ0n) is 69.6. The maximum absolute atomic E-state index is 6.48. The highest BCUT2D eigenvalue weighted by Gasteiger charge is 2.26. The third kappa shape index (κ3) is 12.5. The molecule has 2 aliphatic rings. The number of hydrogen-bond acceptors (Lipinski definition) is 9. The summed E-state index contributed by atoms with van der Waals surface area (Å²) in [5.41, 5.74) is 32.6. The minimum atomic E-state index is 0.660. The molecule has 0 bridgehead atoms. The summed E-state index contributed by atoms with van der Waals surface area (Å²) < 4.78 is 19.0. The highest BCUT2D eigenvalue weighted by atomic mass is 16.3. The topological polar surface area (TPSA) is 117 Å². The van der Waals surface area contributed by atoms with Crippen molar-refractivity contribution in [1.82, 2.24) is 29.9 Å². The van der Waals surface area contributed by atoms with Crippen molar-refractivity contribution in [3.63, 3.8) is 0 Å². The predicted molar refractivity (Wildman–Crippen MR) is 530 cm³/mol. The van der Waals surface area contributed by atoms with Crippen molar-refractivity contribution in [3.05, 3.63) is 435 Å². The van der Waals surface area contributed by atoms with Gasteiger partial charge in [-0.3, -0.25) is 0 Å². The fraction of sp³-hybridized carbons (Fsp3) is 0.0167. The monoisotopic (exact) mass is 1640 g/mol. The van der Waals surface area contributed by atoms with E-state index in [1.165, 1.54) is 82.7 Å². The van der Waals surface area contributed by atoms with Gasteiger partial charge in [-0.2, -0.15) is 0 Å². The highest BCUT2D eigenvalue weighted by molar-refractivity contribution is 6.18. The van der Waals surface area contributed by atoms with Crippen LogP contribution in [0.25, 0.3) is 254 Å². The molecule has 0 saturated carbocycles. The van der Waals surface area contributed by atoms with Crippen LogP contribution in [-0.2, 0) is 12.8 Å². The summed E-state index contributed by atoms with van der Waals surface area (Å²) in [6.07, 6.45) is 1.92. The molecule has 0 N–H and O–H groups in total. The van der Waals surface area contributed by atoms with E-state index in [4.69, 9.17) is 43.2 Å². The van der Waals surface area contributed by atoms with Gasteiger partial charge in [-0.15, -0.1) is 0 Å². The Labute approximate surface area is 739 Å². The SMILES string of the molecule is c1ccc(-c2ccc(-c3cccc(-c4nc(-c5ccc6ccc7c(c6c5)Cc5ccccc5-7)c5ccccc5n4)c3)cc2)cc1.c1ccc2c(c1)Cc1c-2ccc2ccc(-c3nc(-c4ccc5c(c4)oc4ccccc45)nc4ccccc34)cc12.c1ccc2c(c1)ccc1c3ccc(-c4nc(-c5ccc6ccc7c8ccccc8oc7c6c5)c5ccccc5n4)cc3oc21. The van der Waals surface area contributed by atoms with Crippen LogP contribution in [0.4, 0.5) is 0 Å². The minimum absolute atomic E-state index is 0.660. The van der Waals surface area contributed by atoms with Crippen molar-refractivity contribution >= 4 is 142 Å². The average Bonchev–Trinajstić information content (AvgIpc) is 1.58. The van der Waals surface area contributed by atoms with Crippen LogP contribution >= 0.6 is 0 Å². The Morgan fingerprint density at radius 2 is 0.504 bits per heavy atom. The average molecular weight is 1650 g/mol. The lowest BCUT2D eigenvalue weighted by Crippen LogP contribution is -1.96. The van der Waals surface area contributed by atoms with Gasteiger partial charge in [-0.1, -0.05) is 322 Å². The van der Waals surface area contributed by atoms with Crippen molar-refractivity contribution in [2.75, 3.05) is 0 Å². The van der Waals surface area contributed by atoms with Crippen LogP contribution in [-0.4, -0.2) is 29.9 Å². The molecule has 0 aliphatic heterocycles. The number of hydrogen-bond donors (Lipinski definition) is 0. The van der Waals surface area contributed by atoms with Crippen LogP contribution in [0.2, 0.25) is 0 Å². The van der Waals surface area contributed by atoms with Crippen molar-refractivity contribution in [3.8, 4) is 112 Å². The summed E-state index contributed by atoms with van der Waals surface area (Å²) in [5, 5.41) is 19.3. The molecule has 28 rings (SSSR count). The molecule has 9 nitrogen and oxygen atoms in total. The standard InChI is InChI=1S/C43H28N2.C40H22N2O2.C37H22N2O/c1-2-9-28(10-3-1)29-17-19-30(20-18-29)32-12-8-13-35(25-32)43-44-41-16-7-6-15-38(41)42(45-43)34-22-21-31-23-24-37-36-14-5-4-11-33(36)26-40(37)39(31)27-34;1-2-8-27-23(7-1)15-19-31-29-18-17-26(22-36(29)44-38(27)31)40-41-34-11-5-3-10-32(34)37(42-40)25-14-13-24-16-20-30-28-9-4-6-12-35(28)43-39(30)33(24)21-25;1-2-8-26-23(7-1)19-32-27(26)17-15-22-13-14-24(20-31(22)32)36-30-10-3-5-11-33(30)38-37(39-36)25-16-18-29-28-9-4-6-12-34(28)40-35(29)21-25/h1-25,27H,26H2;1-22H;1-18,20-21H,19H2. The normalized spacial score (nSPS) is 12.1. The summed E-state index contributed by atoms with van der Waals surface area (Å²) >= 11 is 0. The first-order chi connectivity index (χ1) is 63.9. The van der Waals surface area contributed by atoms with E-state index >= 15 is 0 Å². The second-order valence-electron chi connectivity index (χ2n) is 33.7. The van der Waals surface area contributed by atoms with E-state index in [-0.39, 0.29) is 0 Å². The zero-order chi connectivity index (χ0) is 84.7. The lowest BCUT2D eigenvalue weighted by molar-refractivity contribution is 0.669. The summed E-state index contributed by atoms with van der Waals surface area (Å²) in [6, 6.07) is 145. The number of para-hydroxylation sites is 5. The summed E-state index contributed by atoms with van der Waals surface area (Å²) in [4.78, 5) is 30.7. The van der Waals surface area contributed by atoms with Gasteiger partial charge in [-0.05, 0) is 203 Å². The van der Waals surface area contributed by atoms with E-state index < -0.39 is 0 Å². The molecule has 2 aliphatic carbocycles. The number of rotatable bonds is 8. The molecule has 6 aromatic heterocycles. The fourth-order valence-corrected chi connectivity index (χ4v) is 20.0. The van der Waals surface area contributed by atoms with Gasteiger partial charge in [0.15, 0.2) is 17.5 Å². The maximum atomic E-state index is 6.48. The molecule has 0 atom stereocenters. The number of nitrogens with zero attached hydrogens (tertiary/aromatic N) is 6. The van der Waals surface area contributed by atoms with Gasteiger partial charge in [-0.25, -0.2) is 29.9 Å². The molecule has 0 radical (unpaired) electrons. The van der Waals surface area contributed by atoms with E-state index in [1.807, 2.05) is 54.6 Å². The maximum Gasteiger partial charge on any atom is 0.160 e. The molecule has 0 spiro atoms. The van der Waals surface area contributed by atoms with Crippen molar-refractivity contribution < 1.29 is 13.3 Å². The second-order valence-corrected chi connectivity index (χ2v) is 33.7. The third-order valence-corrected chi connectivity index (χ3v) is 26.3. The van der Waals surface area contributed by atoms with Crippen molar-refractivity contribution in [1.29, 1.82) is 0 Å². The Morgan fingerprint density at radius 1 is 0.171 bits per heavy atom. The van der Waals surface area contributed by atoms with Crippen LogP contribution in [0, 0.1) is 0 Å². The molecular formula is C120H72N6O3. The van der Waals surface area contributed by atoms with Gasteiger partial charge >= 0.3 is 0 Å². The summed E-state index contributed by atoms with van der Waals surface area (Å²) in [7, 11) is 0. The minimum Gasteiger partial charge on any atom is -0.456 e. The molecule has 26 aromatic rings. The van der Waals surface area contributed by atoms with Gasteiger partial charge in [0, 0.05) is 92.6 Å². The number of benzene rings is 20. The lowest BCUT2D eigenvalue weighted by atomic mass is 9.95. The molecule has 6 heterocycles. The first kappa shape index (κ1) is 73.4.